The minimum Gasteiger partial charge on any atom is -0.460 e. The minimum atomic E-state index is -0.492. The maximum absolute atomic E-state index is 11.1. The number of carbonyl (C=O) groups excluding carboxylic acids is 1. The van der Waals surface area contributed by atoms with Crippen LogP contribution in [0.1, 0.15) is 34.1 Å². The van der Waals surface area contributed by atoms with Crippen molar-refractivity contribution in [3.8, 4) is 0 Å². The minimum absolute atomic E-state index is 0.226. The number of hydrogen-bond acceptors (Lipinski definition) is 4. The van der Waals surface area contributed by atoms with Crippen molar-refractivity contribution in [2.75, 3.05) is 13.2 Å². The van der Waals surface area contributed by atoms with E-state index in [1.165, 1.54) is 0 Å². The number of aliphatic hydroxyl groups is 1. The van der Waals surface area contributed by atoms with E-state index in [0.29, 0.717) is 6.61 Å². The lowest BCUT2D eigenvalue weighted by atomic mass is 10.2. The van der Waals surface area contributed by atoms with Gasteiger partial charge in [-0.05, 0) is 27.7 Å². The van der Waals surface area contributed by atoms with Crippen molar-refractivity contribution < 1.29 is 19.4 Å². The highest BCUT2D eigenvalue weighted by atomic mass is 16.6. The molecule has 1 N–H and O–H groups in total. The second kappa shape index (κ2) is 5.98. The van der Waals surface area contributed by atoms with Crippen molar-refractivity contribution in [1.82, 2.24) is 0 Å². The molecule has 0 aliphatic rings. The summed E-state index contributed by atoms with van der Waals surface area (Å²) in [5.74, 6) is -0.275. The Labute approximate surface area is 85.2 Å². The van der Waals surface area contributed by atoms with E-state index < -0.39 is 11.7 Å². The largest absolute Gasteiger partial charge is 0.460 e. The van der Waals surface area contributed by atoms with Crippen LogP contribution in [0.3, 0.4) is 0 Å². The molecule has 0 aromatic carbocycles. The van der Waals surface area contributed by atoms with Gasteiger partial charge in [0, 0.05) is 0 Å². The van der Waals surface area contributed by atoms with Crippen molar-refractivity contribution >= 4 is 5.97 Å². The monoisotopic (exact) mass is 204 g/mol. The highest BCUT2D eigenvalue weighted by Crippen LogP contribution is 2.07. The Morgan fingerprint density at radius 1 is 1.43 bits per heavy atom. The normalized spacial score (nSPS) is 13.8. The molecule has 1 atom stereocenters. The van der Waals surface area contributed by atoms with Gasteiger partial charge < -0.3 is 14.6 Å². The van der Waals surface area contributed by atoms with Crippen LogP contribution in [-0.2, 0) is 14.3 Å². The van der Waals surface area contributed by atoms with E-state index >= 15 is 0 Å². The third-order valence-electron chi connectivity index (χ3n) is 1.23. The van der Waals surface area contributed by atoms with Crippen molar-refractivity contribution in [1.29, 1.82) is 0 Å². The van der Waals surface area contributed by atoms with Gasteiger partial charge >= 0.3 is 5.97 Å². The molecule has 0 aromatic heterocycles. The van der Waals surface area contributed by atoms with Gasteiger partial charge in [-0.25, -0.2) is 0 Å². The van der Waals surface area contributed by atoms with Crippen LogP contribution in [0.2, 0.25) is 0 Å². The molecule has 14 heavy (non-hydrogen) atoms. The zero-order chi connectivity index (χ0) is 11.2. The average Bonchev–Trinajstić information content (AvgIpc) is 1.94. The summed E-state index contributed by atoms with van der Waals surface area (Å²) in [5.41, 5.74) is -0.443. The molecule has 0 aromatic rings. The number of aliphatic hydroxyl groups excluding tert-OH is 1. The van der Waals surface area contributed by atoms with E-state index in [1.54, 1.807) is 6.92 Å². The molecule has 0 aliphatic carbocycles. The van der Waals surface area contributed by atoms with Crippen LogP contribution < -0.4 is 0 Å². The summed E-state index contributed by atoms with van der Waals surface area (Å²) in [6.45, 7) is 7.64. The highest BCUT2D eigenvalue weighted by molar-refractivity contribution is 5.69. The van der Waals surface area contributed by atoms with Gasteiger partial charge in [-0.15, -0.1) is 0 Å². The van der Waals surface area contributed by atoms with Gasteiger partial charge in [-0.2, -0.15) is 0 Å². The molecule has 4 nitrogen and oxygen atoms in total. The van der Waals surface area contributed by atoms with Crippen molar-refractivity contribution in [3.05, 3.63) is 0 Å². The molecule has 0 saturated carbocycles. The molecule has 4 heteroatoms. The summed E-state index contributed by atoms with van der Waals surface area (Å²) in [4.78, 5) is 11.1. The van der Waals surface area contributed by atoms with Crippen LogP contribution in [0.15, 0.2) is 0 Å². The number of carbonyl (C=O) groups is 1. The van der Waals surface area contributed by atoms with Crippen LogP contribution in [0.5, 0.6) is 0 Å². The van der Waals surface area contributed by atoms with Gasteiger partial charge in [0.1, 0.15) is 5.60 Å². The first-order valence-corrected chi connectivity index (χ1v) is 4.79. The van der Waals surface area contributed by atoms with Gasteiger partial charge in [-0.1, -0.05) is 0 Å². The summed E-state index contributed by atoms with van der Waals surface area (Å²) in [6, 6.07) is 0. The first-order valence-electron chi connectivity index (χ1n) is 4.79. The SMILES string of the molecule is C[C@H](O)COCCC(=O)OC(C)(C)C. The smallest absolute Gasteiger partial charge is 0.308 e. The zero-order valence-corrected chi connectivity index (χ0v) is 9.37. The molecule has 0 heterocycles. The fraction of sp³-hybridized carbons (Fsp3) is 0.900. The molecule has 84 valence electrons. The lowest BCUT2D eigenvalue weighted by Crippen LogP contribution is -2.24. The molecule has 0 saturated heterocycles. The molecular weight excluding hydrogens is 184 g/mol. The van der Waals surface area contributed by atoms with Crippen LogP contribution in [0.25, 0.3) is 0 Å². The number of hydrogen-bond donors (Lipinski definition) is 1. The van der Waals surface area contributed by atoms with Gasteiger partial charge in [0.05, 0.1) is 25.7 Å². The first kappa shape index (κ1) is 13.4. The predicted molar refractivity (Wildman–Crippen MR) is 53.0 cm³/mol. The van der Waals surface area contributed by atoms with Crippen LogP contribution in [0.4, 0.5) is 0 Å². The molecule has 0 spiro atoms. The predicted octanol–water partition coefficient (Wildman–Crippen LogP) is 1.12. The molecule has 0 fully saturated rings. The summed E-state index contributed by atoms with van der Waals surface area (Å²) in [5, 5.41) is 8.86. The van der Waals surface area contributed by atoms with Crippen LogP contribution >= 0.6 is 0 Å². The Balaban J connectivity index is 3.46. The molecule has 0 bridgehead atoms. The zero-order valence-electron chi connectivity index (χ0n) is 9.37. The standard InChI is InChI=1S/C10H20O4/c1-8(11)7-13-6-5-9(12)14-10(2,3)4/h8,11H,5-7H2,1-4H3/t8-/m0/s1. The Bertz CT molecular complexity index is 169. The lowest BCUT2D eigenvalue weighted by molar-refractivity contribution is -0.156. The molecule has 0 amide bonds. The molecule has 0 radical (unpaired) electrons. The summed E-state index contributed by atoms with van der Waals surface area (Å²) in [7, 11) is 0. The van der Waals surface area contributed by atoms with Crippen molar-refractivity contribution in [2.24, 2.45) is 0 Å². The third-order valence-corrected chi connectivity index (χ3v) is 1.23. The highest BCUT2D eigenvalue weighted by Gasteiger charge is 2.15. The van der Waals surface area contributed by atoms with E-state index in [9.17, 15) is 4.79 Å². The van der Waals surface area contributed by atoms with Gasteiger partial charge in [0.15, 0.2) is 0 Å². The Morgan fingerprint density at radius 3 is 2.43 bits per heavy atom. The van der Waals surface area contributed by atoms with E-state index in [-0.39, 0.29) is 19.0 Å². The summed E-state index contributed by atoms with van der Waals surface area (Å²) in [6.07, 6.45) is -0.266. The maximum Gasteiger partial charge on any atom is 0.308 e. The number of rotatable bonds is 5. The van der Waals surface area contributed by atoms with E-state index in [4.69, 9.17) is 14.6 Å². The van der Waals surface area contributed by atoms with E-state index in [1.807, 2.05) is 20.8 Å². The van der Waals surface area contributed by atoms with Gasteiger partial charge in [0.2, 0.25) is 0 Å². The molecular formula is C10H20O4. The maximum atomic E-state index is 11.1. The first-order chi connectivity index (χ1) is 6.31. The van der Waals surface area contributed by atoms with Crippen LogP contribution in [0, 0.1) is 0 Å². The lowest BCUT2D eigenvalue weighted by Gasteiger charge is -2.19. The van der Waals surface area contributed by atoms with Gasteiger partial charge in [-0.3, -0.25) is 4.79 Å². The topological polar surface area (TPSA) is 55.8 Å². The second-order valence-corrected chi connectivity index (χ2v) is 4.26. The number of esters is 1. The Hall–Kier alpha value is -0.610. The summed E-state index contributed by atoms with van der Waals surface area (Å²) < 4.78 is 10.1. The van der Waals surface area contributed by atoms with Crippen molar-refractivity contribution in [2.45, 2.75) is 45.8 Å². The fourth-order valence-corrected chi connectivity index (χ4v) is 0.802. The Kier molecular flexibility index (Phi) is 5.72. The second-order valence-electron chi connectivity index (χ2n) is 4.26. The third kappa shape index (κ3) is 9.48. The van der Waals surface area contributed by atoms with Crippen molar-refractivity contribution in [3.63, 3.8) is 0 Å². The fourth-order valence-electron chi connectivity index (χ4n) is 0.802. The quantitative estimate of drug-likeness (QED) is 0.538. The molecule has 0 aliphatic heterocycles. The van der Waals surface area contributed by atoms with E-state index in [0.717, 1.165) is 0 Å². The number of ether oxygens (including phenoxy) is 2. The Morgan fingerprint density at radius 2 is 2.00 bits per heavy atom. The van der Waals surface area contributed by atoms with Crippen LogP contribution in [-0.4, -0.2) is 36.0 Å². The molecule has 0 unspecified atom stereocenters. The summed E-state index contributed by atoms with van der Waals surface area (Å²) >= 11 is 0. The van der Waals surface area contributed by atoms with Gasteiger partial charge in [0.25, 0.3) is 0 Å². The average molecular weight is 204 g/mol. The van der Waals surface area contributed by atoms with E-state index in [2.05, 4.69) is 0 Å². The molecule has 0 rings (SSSR count).